The topological polar surface area (TPSA) is 81.7 Å². The number of anilines is 1. The molecule has 1 N–H and O–H groups in total. The summed E-state index contributed by atoms with van der Waals surface area (Å²) in [6.45, 7) is 1.97. The average molecular weight is 335 g/mol. The zero-order chi connectivity index (χ0) is 16.9. The van der Waals surface area contributed by atoms with E-state index in [0.29, 0.717) is 17.0 Å². The molecule has 122 valence electrons. The van der Waals surface area contributed by atoms with E-state index in [-0.39, 0.29) is 11.5 Å². The average Bonchev–Trinajstić information content (AvgIpc) is 2.55. The Hall–Kier alpha value is -2.54. The third-order valence-electron chi connectivity index (χ3n) is 3.02. The first-order chi connectivity index (χ1) is 11.0. The number of ether oxygens (including phenoxy) is 2. The van der Waals surface area contributed by atoms with Gasteiger partial charge in [-0.25, -0.2) is 13.2 Å². The van der Waals surface area contributed by atoms with Gasteiger partial charge in [0.05, 0.1) is 24.2 Å². The highest BCUT2D eigenvalue weighted by atomic mass is 32.2. The van der Waals surface area contributed by atoms with Gasteiger partial charge in [0.2, 0.25) is 0 Å². The van der Waals surface area contributed by atoms with Gasteiger partial charge in [-0.2, -0.15) is 0 Å². The van der Waals surface area contributed by atoms with Crippen molar-refractivity contribution in [2.45, 2.75) is 11.8 Å². The number of sulfonamides is 1. The molecule has 0 spiro atoms. The van der Waals surface area contributed by atoms with Gasteiger partial charge in [0.1, 0.15) is 5.75 Å². The number of nitrogens with one attached hydrogen (secondary N) is 1. The van der Waals surface area contributed by atoms with Crippen LogP contribution in [0.1, 0.15) is 17.3 Å². The summed E-state index contributed by atoms with van der Waals surface area (Å²) >= 11 is 0. The van der Waals surface area contributed by atoms with Crippen molar-refractivity contribution in [1.82, 2.24) is 0 Å². The van der Waals surface area contributed by atoms with Crippen molar-refractivity contribution in [2.75, 3.05) is 18.4 Å². The van der Waals surface area contributed by atoms with E-state index in [9.17, 15) is 13.2 Å². The van der Waals surface area contributed by atoms with Crippen molar-refractivity contribution in [2.24, 2.45) is 0 Å². The summed E-state index contributed by atoms with van der Waals surface area (Å²) in [5.74, 6) is 0.145. The first kappa shape index (κ1) is 16.8. The Morgan fingerprint density at radius 1 is 1.04 bits per heavy atom. The standard InChI is InChI=1S/C16H17NO5S/c1-3-22-16(18)12-4-10-15(11-5-12)23(19,20)17-13-6-8-14(21-2)9-7-13/h4-11,17H,3H2,1-2H3. The molecule has 0 unspecified atom stereocenters. The second-order valence-corrected chi connectivity index (χ2v) is 6.26. The fourth-order valence-electron chi connectivity index (χ4n) is 1.86. The van der Waals surface area contributed by atoms with Gasteiger partial charge in [-0.1, -0.05) is 0 Å². The highest BCUT2D eigenvalue weighted by Crippen LogP contribution is 2.19. The summed E-state index contributed by atoms with van der Waals surface area (Å²) < 4.78 is 36.9. The van der Waals surface area contributed by atoms with Crippen molar-refractivity contribution in [3.8, 4) is 5.75 Å². The number of rotatable bonds is 6. The lowest BCUT2D eigenvalue weighted by Gasteiger charge is -2.09. The predicted octanol–water partition coefficient (Wildman–Crippen LogP) is 2.67. The summed E-state index contributed by atoms with van der Waals surface area (Å²) in [4.78, 5) is 11.6. The van der Waals surface area contributed by atoms with Crippen LogP contribution in [-0.2, 0) is 14.8 Å². The Morgan fingerprint density at radius 3 is 2.17 bits per heavy atom. The first-order valence-electron chi connectivity index (χ1n) is 6.90. The van der Waals surface area contributed by atoms with E-state index in [0.717, 1.165) is 0 Å². The molecule has 0 aliphatic carbocycles. The lowest BCUT2D eigenvalue weighted by atomic mass is 10.2. The fourth-order valence-corrected chi connectivity index (χ4v) is 2.92. The molecule has 0 saturated heterocycles. The minimum absolute atomic E-state index is 0.0568. The second-order valence-electron chi connectivity index (χ2n) is 4.58. The van der Waals surface area contributed by atoms with Crippen LogP contribution in [-0.4, -0.2) is 28.1 Å². The van der Waals surface area contributed by atoms with Crippen LogP contribution >= 0.6 is 0 Å². The van der Waals surface area contributed by atoms with Gasteiger partial charge in [0, 0.05) is 5.69 Å². The molecule has 0 aromatic heterocycles. The zero-order valence-corrected chi connectivity index (χ0v) is 13.6. The van der Waals surface area contributed by atoms with Crippen LogP contribution in [0.4, 0.5) is 5.69 Å². The molecule has 0 atom stereocenters. The summed E-state index contributed by atoms with van der Waals surface area (Å²) in [6, 6.07) is 12.1. The van der Waals surface area contributed by atoms with Crippen LogP contribution in [0.3, 0.4) is 0 Å². The first-order valence-corrected chi connectivity index (χ1v) is 8.38. The highest BCUT2D eigenvalue weighted by Gasteiger charge is 2.15. The Labute approximate surface area is 135 Å². The third kappa shape index (κ3) is 4.23. The van der Waals surface area contributed by atoms with Crippen LogP contribution in [0.25, 0.3) is 0 Å². The summed E-state index contributed by atoms with van der Waals surface area (Å²) in [5.41, 5.74) is 0.718. The van der Waals surface area contributed by atoms with Crippen molar-refractivity contribution >= 4 is 21.7 Å². The molecule has 0 saturated carbocycles. The van der Waals surface area contributed by atoms with Crippen molar-refractivity contribution in [3.05, 3.63) is 54.1 Å². The van der Waals surface area contributed by atoms with Crippen LogP contribution in [0.15, 0.2) is 53.4 Å². The van der Waals surface area contributed by atoms with Crippen LogP contribution in [0, 0.1) is 0 Å². The molecule has 0 heterocycles. The molecule has 0 amide bonds. The summed E-state index contributed by atoms with van der Waals surface area (Å²) in [5, 5.41) is 0. The molecule has 2 rings (SSSR count). The second kappa shape index (κ2) is 7.15. The molecule has 23 heavy (non-hydrogen) atoms. The lowest BCUT2D eigenvalue weighted by molar-refractivity contribution is 0.0526. The number of carbonyl (C=O) groups excluding carboxylic acids is 1. The van der Waals surface area contributed by atoms with Gasteiger partial charge >= 0.3 is 5.97 Å². The monoisotopic (exact) mass is 335 g/mol. The van der Waals surface area contributed by atoms with Crippen LogP contribution in [0.5, 0.6) is 5.75 Å². The van der Waals surface area contributed by atoms with Crippen LogP contribution in [0.2, 0.25) is 0 Å². The van der Waals surface area contributed by atoms with E-state index in [4.69, 9.17) is 9.47 Å². The maximum atomic E-state index is 12.3. The number of carbonyl (C=O) groups is 1. The van der Waals surface area contributed by atoms with Gasteiger partial charge in [0.15, 0.2) is 0 Å². The Kier molecular flexibility index (Phi) is 5.23. The molecule has 7 heteroatoms. The van der Waals surface area contributed by atoms with Crippen molar-refractivity contribution in [1.29, 1.82) is 0 Å². The minimum Gasteiger partial charge on any atom is -0.497 e. The fraction of sp³-hybridized carbons (Fsp3) is 0.188. The van der Waals surface area contributed by atoms with Crippen LogP contribution < -0.4 is 9.46 Å². The van der Waals surface area contributed by atoms with E-state index >= 15 is 0 Å². The number of hydrogen-bond donors (Lipinski definition) is 1. The Morgan fingerprint density at radius 2 is 1.65 bits per heavy atom. The number of methoxy groups -OCH3 is 1. The van der Waals surface area contributed by atoms with Gasteiger partial charge in [-0.15, -0.1) is 0 Å². The third-order valence-corrected chi connectivity index (χ3v) is 4.42. The largest absolute Gasteiger partial charge is 0.497 e. The smallest absolute Gasteiger partial charge is 0.338 e. The molecule has 0 radical (unpaired) electrons. The molecule has 2 aromatic rings. The Bertz CT molecular complexity index is 767. The van der Waals surface area contributed by atoms with Gasteiger partial charge in [-0.05, 0) is 55.5 Å². The summed E-state index contributed by atoms with van der Waals surface area (Å²) in [7, 11) is -2.20. The van der Waals surface area contributed by atoms with Gasteiger partial charge in [-0.3, -0.25) is 4.72 Å². The lowest BCUT2D eigenvalue weighted by Crippen LogP contribution is -2.13. The minimum atomic E-state index is -3.73. The number of benzene rings is 2. The SMILES string of the molecule is CCOC(=O)c1ccc(S(=O)(=O)Nc2ccc(OC)cc2)cc1. The predicted molar refractivity (Wildman–Crippen MR) is 86.2 cm³/mol. The van der Waals surface area contributed by atoms with Gasteiger partial charge < -0.3 is 9.47 Å². The molecule has 0 bridgehead atoms. The molecule has 0 fully saturated rings. The molecular formula is C16H17NO5S. The number of esters is 1. The Balaban J connectivity index is 2.16. The van der Waals surface area contributed by atoms with E-state index in [1.54, 1.807) is 31.2 Å². The molecule has 6 nitrogen and oxygen atoms in total. The van der Waals surface area contributed by atoms with Gasteiger partial charge in [0.25, 0.3) is 10.0 Å². The molecule has 2 aromatic carbocycles. The quantitative estimate of drug-likeness (QED) is 0.821. The highest BCUT2D eigenvalue weighted by molar-refractivity contribution is 7.92. The van der Waals surface area contributed by atoms with E-state index in [1.807, 2.05) is 0 Å². The van der Waals surface area contributed by atoms with Crippen molar-refractivity contribution in [3.63, 3.8) is 0 Å². The van der Waals surface area contributed by atoms with Crippen molar-refractivity contribution < 1.29 is 22.7 Å². The van der Waals surface area contributed by atoms with E-state index < -0.39 is 16.0 Å². The van der Waals surface area contributed by atoms with E-state index in [1.165, 1.54) is 31.4 Å². The zero-order valence-electron chi connectivity index (χ0n) is 12.8. The van der Waals surface area contributed by atoms with E-state index in [2.05, 4.69) is 4.72 Å². The molecule has 0 aliphatic rings. The number of hydrogen-bond acceptors (Lipinski definition) is 5. The summed E-state index contributed by atoms with van der Waals surface area (Å²) in [6.07, 6.45) is 0. The normalized spacial score (nSPS) is 10.9. The maximum Gasteiger partial charge on any atom is 0.338 e. The molecule has 0 aliphatic heterocycles. The molecular weight excluding hydrogens is 318 g/mol. The maximum absolute atomic E-state index is 12.3.